The zero-order valence-electron chi connectivity index (χ0n) is 8.20. The molecule has 2 N–H and O–H groups in total. The highest BCUT2D eigenvalue weighted by atomic mass is 35.5. The minimum atomic E-state index is -3.30. The fourth-order valence-corrected chi connectivity index (χ4v) is 2.38. The summed E-state index contributed by atoms with van der Waals surface area (Å²) >= 11 is 5.63. The second kappa shape index (κ2) is 4.72. The molecule has 4 nitrogen and oxygen atoms in total. The lowest BCUT2D eigenvalue weighted by Crippen LogP contribution is -2.15. The maximum atomic E-state index is 11.4. The number of rotatable bonds is 4. The Hall–Kier alpha value is -0.940. The summed E-state index contributed by atoms with van der Waals surface area (Å²) in [6, 6.07) is 4.16. The van der Waals surface area contributed by atoms with Gasteiger partial charge in [-0.25, -0.2) is 8.42 Å². The largest absolute Gasteiger partial charge is 0.506 e. The average Bonchev–Trinajstić information content (AvgIpc) is 2.10. The average molecular weight is 250 g/mol. The predicted molar refractivity (Wildman–Crippen MR) is 60.8 cm³/mol. The quantitative estimate of drug-likeness (QED) is 0.804. The van der Waals surface area contributed by atoms with Gasteiger partial charge in [-0.1, -0.05) is 18.5 Å². The summed E-state index contributed by atoms with van der Waals surface area (Å²) in [5.74, 6) is -0.0130. The van der Waals surface area contributed by atoms with Crippen molar-refractivity contribution in [1.29, 1.82) is 0 Å². The lowest BCUT2D eigenvalue weighted by molar-refractivity contribution is 0.475. The molecule has 6 heteroatoms. The van der Waals surface area contributed by atoms with Crippen LogP contribution in [0.4, 0.5) is 5.69 Å². The minimum absolute atomic E-state index is 0.0610. The van der Waals surface area contributed by atoms with Crippen LogP contribution in [-0.2, 0) is 10.0 Å². The Morgan fingerprint density at radius 1 is 1.47 bits per heavy atom. The molecule has 0 aliphatic rings. The summed E-state index contributed by atoms with van der Waals surface area (Å²) in [7, 11) is -3.30. The standard InChI is InChI=1S/C9H12ClNO3S/c1-2-5-15(13,14)11-7-3-4-9(12)8(10)6-7/h3-4,6,11-12H,2,5H2,1H3. The zero-order valence-corrected chi connectivity index (χ0v) is 9.77. The van der Waals surface area contributed by atoms with Crippen molar-refractivity contribution in [3.63, 3.8) is 0 Å². The Kier molecular flexibility index (Phi) is 3.82. The van der Waals surface area contributed by atoms with E-state index in [0.717, 1.165) is 0 Å². The lowest BCUT2D eigenvalue weighted by atomic mass is 10.3. The van der Waals surface area contributed by atoms with Gasteiger partial charge in [0.2, 0.25) is 10.0 Å². The van der Waals surface area contributed by atoms with E-state index in [-0.39, 0.29) is 16.5 Å². The van der Waals surface area contributed by atoms with Gasteiger partial charge in [-0.3, -0.25) is 4.72 Å². The van der Waals surface area contributed by atoms with Crippen molar-refractivity contribution in [2.24, 2.45) is 0 Å². The second-order valence-corrected chi connectivity index (χ2v) is 5.34. The molecule has 0 heterocycles. The Morgan fingerprint density at radius 2 is 2.13 bits per heavy atom. The van der Waals surface area contributed by atoms with Gasteiger partial charge in [0.05, 0.1) is 16.5 Å². The van der Waals surface area contributed by atoms with Crippen molar-refractivity contribution in [3.8, 4) is 5.75 Å². The SMILES string of the molecule is CCCS(=O)(=O)Nc1ccc(O)c(Cl)c1. The number of hydrogen-bond donors (Lipinski definition) is 2. The molecular weight excluding hydrogens is 238 g/mol. The van der Waals surface area contributed by atoms with E-state index in [0.29, 0.717) is 12.1 Å². The van der Waals surface area contributed by atoms with Gasteiger partial charge < -0.3 is 5.11 Å². The van der Waals surface area contributed by atoms with Gasteiger partial charge in [-0.2, -0.15) is 0 Å². The summed E-state index contributed by atoms with van der Waals surface area (Å²) in [4.78, 5) is 0. The van der Waals surface area contributed by atoms with Crippen LogP contribution in [0.25, 0.3) is 0 Å². The predicted octanol–water partition coefficient (Wildman–Crippen LogP) is 2.20. The fourth-order valence-electron chi connectivity index (χ4n) is 1.07. The number of phenols is 1. The van der Waals surface area contributed by atoms with Crippen LogP contribution >= 0.6 is 11.6 Å². The molecule has 0 aliphatic heterocycles. The molecule has 1 aromatic rings. The first kappa shape index (κ1) is 12.1. The lowest BCUT2D eigenvalue weighted by Gasteiger charge is -2.07. The first-order valence-electron chi connectivity index (χ1n) is 4.43. The molecule has 0 saturated heterocycles. The van der Waals surface area contributed by atoms with Gasteiger partial charge in [-0.05, 0) is 24.6 Å². The molecule has 0 fully saturated rings. The molecule has 0 radical (unpaired) electrons. The van der Waals surface area contributed by atoms with Gasteiger partial charge in [0.25, 0.3) is 0 Å². The van der Waals surface area contributed by atoms with Crippen molar-refractivity contribution < 1.29 is 13.5 Å². The normalized spacial score (nSPS) is 11.3. The smallest absolute Gasteiger partial charge is 0.232 e. The third kappa shape index (κ3) is 3.60. The van der Waals surface area contributed by atoms with E-state index in [1.807, 2.05) is 0 Å². The van der Waals surface area contributed by atoms with E-state index >= 15 is 0 Å². The second-order valence-electron chi connectivity index (χ2n) is 3.09. The number of nitrogens with one attached hydrogen (secondary N) is 1. The third-order valence-corrected chi connectivity index (χ3v) is 3.49. The summed E-state index contributed by atoms with van der Waals surface area (Å²) in [5.41, 5.74) is 0.353. The molecule has 0 atom stereocenters. The highest BCUT2D eigenvalue weighted by Gasteiger charge is 2.09. The van der Waals surface area contributed by atoms with Crippen LogP contribution in [0.2, 0.25) is 5.02 Å². The molecule has 0 bridgehead atoms. The van der Waals surface area contributed by atoms with E-state index in [9.17, 15) is 8.42 Å². The Bertz CT molecular complexity index is 445. The van der Waals surface area contributed by atoms with Crippen LogP contribution in [-0.4, -0.2) is 19.3 Å². The molecule has 1 rings (SSSR count). The Morgan fingerprint density at radius 3 is 2.67 bits per heavy atom. The van der Waals surface area contributed by atoms with E-state index in [1.54, 1.807) is 6.92 Å². The highest BCUT2D eigenvalue weighted by Crippen LogP contribution is 2.26. The molecule has 1 aromatic carbocycles. The van der Waals surface area contributed by atoms with E-state index in [2.05, 4.69) is 4.72 Å². The summed E-state index contributed by atoms with van der Waals surface area (Å²) in [5, 5.41) is 9.25. The Balaban J connectivity index is 2.86. The number of benzene rings is 1. The third-order valence-electron chi connectivity index (χ3n) is 1.69. The van der Waals surface area contributed by atoms with Gasteiger partial charge in [0, 0.05) is 0 Å². The van der Waals surface area contributed by atoms with E-state index in [4.69, 9.17) is 16.7 Å². The number of halogens is 1. The first-order chi connectivity index (χ1) is 6.94. The number of aromatic hydroxyl groups is 1. The summed E-state index contributed by atoms with van der Waals surface area (Å²) in [6.07, 6.45) is 0.543. The maximum Gasteiger partial charge on any atom is 0.232 e. The zero-order chi connectivity index (χ0) is 11.5. The highest BCUT2D eigenvalue weighted by molar-refractivity contribution is 7.92. The molecule has 15 heavy (non-hydrogen) atoms. The van der Waals surface area contributed by atoms with Gasteiger partial charge >= 0.3 is 0 Å². The van der Waals surface area contributed by atoms with Gasteiger partial charge in [0.1, 0.15) is 5.75 Å². The van der Waals surface area contributed by atoms with Crippen LogP contribution in [0.15, 0.2) is 18.2 Å². The molecule has 0 aliphatic carbocycles. The van der Waals surface area contributed by atoms with E-state index < -0.39 is 10.0 Å². The number of hydrogen-bond acceptors (Lipinski definition) is 3. The minimum Gasteiger partial charge on any atom is -0.506 e. The fraction of sp³-hybridized carbons (Fsp3) is 0.333. The van der Waals surface area contributed by atoms with E-state index in [1.165, 1.54) is 18.2 Å². The molecule has 0 unspecified atom stereocenters. The molecule has 0 saturated carbocycles. The number of phenolic OH excluding ortho intramolecular Hbond substituents is 1. The number of sulfonamides is 1. The molecule has 0 spiro atoms. The summed E-state index contributed by atoms with van der Waals surface area (Å²) < 4.78 is 25.1. The molecule has 84 valence electrons. The van der Waals surface area contributed by atoms with Gasteiger partial charge in [-0.15, -0.1) is 0 Å². The monoisotopic (exact) mass is 249 g/mol. The van der Waals surface area contributed by atoms with Crippen LogP contribution in [0.1, 0.15) is 13.3 Å². The van der Waals surface area contributed by atoms with Crippen molar-refractivity contribution in [2.75, 3.05) is 10.5 Å². The number of anilines is 1. The topological polar surface area (TPSA) is 66.4 Å². The molecule has 0 amide bonds. The van der Waals surface area contributed by atoms with Crippen LogP contribution in [0.5, 0.6) is 5.75 Å². The van der Waals surface area contributed by atoms with Crippen LogP contribution < -0.4 is 4.72 Å². The Labute approximate surface area is 93.9 Å². The van der Waals surface area contributed by atoms with Crippen molar-refractivity contribution in [2.45, 2.75) is 13.3 Å². The van der Waals surface area contributed by atoms with Crippen LogP contribution in [0, 0.1) is 0 Å². The van der Waals surface area contributed by atoms with Crippen molar-refractivity contribution in [1.82, 2.24) is 0 Å². The van der Waals surface area contributed by atoms with Crippen molar-refractivity contribution >= 4 is 27.3 Å². The van der Waals surface area contributed by atoms with Crippen LogP contribution in [0.3, 0.4) is 0 Å². The van der Waals surface area contributed by atoms with Crippen molar-refractivity contribution in [3.05, 3.63) is 23.2 Å². The maximum absolute atomic E-state index is 11.4. The molecular formula is C9H12ClNO3S. The first-order valence-corrected chi connectivity index (χ1v) is 6.46. The summed E-state index contributed by atoms with van der Waals surface area (Å²) in [6.45, 7) is 1.78. The molecule has 0 aromatic heterocycles. The van der Waals surface area contributed by atoms with Gasteiger partial charge in [0.15, 0.2) is 0 Å².